The summed E-state index contributed by atoms with van der Waals surface area (Å²) in [7, 11) is -3.37. The minimum Gasteiger partial charge on any atom is -0.313 e. The molecule has 1 aliphatic rings. The highest BCUT2D eigenvalue weighted by Gasteiger charge is 2.33. The van der Waals surface area contributed by atoms with E-state index in [2.05, 4.69) is 10.3 Å². The Labute approximate surface area is 131 Å². The summed E-state index contributed by atoms with van der Waals surface area (Å²) in [6.45, 7) is 1.76. The molecule has 0 aliphatic carbocycles. The molecule has 1 N–H and O–H groups in total. The molecule has 3 rings (SSSR count). The van der Waals surface area contributed by atoms with Gasteiger partial charge in [0.1, 0.15) is 0 Å². The molecule has 1 saturated heterocycles. The standard InChI is InChI=1S/C16H19N3O2S/c20-22(21,13-14-5-2-1-3-6-14)19-10-9-18-12-16(19)15-7-4-8-17-11-15/h1-8,11,16,18H,9-10,12-13H2. The van der Waals surface area contributed by atoms with Gasteiger partial charge in [0, 0.05) is 32.0 Å². The van der Waals surface area contributed by atoms with Gasteiger partial charge >= 0.3 is 0 Å². The van der Waals surface area contributed by atoms with Gasteiger partial charge in [-0.05, 0) is 17.2 Å². The summed E-state index contributed by atoms with van der Waals surface area (Å²) >= 11 is 0. The van der Waals surface area contributed by atoms with Crippen LogP contribution in [0.1, 0.15) is 17.2 Å². The van der Waals surface area contributed by atoms with Crippen LogP contribution in [0.2, 0.25) is 0 Å². The zero-order valence-corrected chi connectivity index (χ0v) is 13.0. The van der Waals surface area contributed by atoms with Crippen molar-refractivity contribution in [3.63, 3.8) is 0 Å². The molecule has 1 unspecified atom stereocenters. The average Bonchev–Trinajstić information content (AvgIpc) is 2.56. The predicted molar refractivity (Wildman–Crippen MR) is 85.6 cm³/mol. The number of sulfonamides is 1. The zero-order chi connectivity index (χ0) is 15.4. The third-order valence-electron chi connectivity index (χ3n) is 3.81. The van der Waals surface area contributed by atoms with Crippen molar-refractivity contribution in [3.05, 3.63) is 66.0 Å². The number of nitrogens with zero attached hydrogens (tertiary/aromatic N) is 2. The average molecular weight is 317 g/mol. The molecule has 116 valence electrons. The van der Waals surface area contributed by atoms with E-state index in [0.717, 1.165) is 11.1 Å². The summed E-state index contributed by atoms with van der Waals surface area (Å²) in [5.41, 5.74) is 1.73. The number of pyridine rings is 1. The van der Waals surface area contributed by atoms with E-state index < -0.39 is 10.0 Å². The highest BCUT2D eigenvalue weighted by atomic mass is 32.2. The second kappa shape index (κ2) is 6.56. The molecule has 22 heavy (non-hydrogen) atoms. The molecular formula is C16H19N3O2S. The number of hydrogen-bond acceptors (Lipinski definition) is 4. The topological polar surface area (TPSA) is 62.3 Å². The van der Waals surface area contributed by atoms with Crippen molar-refractivity contribution in [2.45, 2.75) is 11.8 Å². The van der Waals surface area contributed by atoms with Gasteiger partial charge in [0.25, 0.3) is 0 Å². The first kappa shape index (κ1) is 15.1. The minimum atomic E-state index is -3.37. The Morgan fingerprint density at radius 2 is 2.00 bits per heavy atom. The van der Waals surface area contributed by atoms with Gasteiger partial charge in [0.15, 0.2) is 0 Å². The molecule has 5 nitrogen and oxygen atoms in total. The van der Waals surface area contributed by atoms with Crippen LogP contribution in [-0.2, 0) is 15.8 Å². The Morgan fingerprint density at radius 1 is 1.18 bits per heavy atom. The molecular weight excluding hydrogens is 298 g/mol. The van der Waals surface area contributed by atoms with Crippen LogP contribution in [0.4, 0.5) is 0 Å². The Balaban J connectivity index is 1.87. The Bertz CT molecular complexity index is 705. The van der Waals surface area contributed by atoms with Gasteiger partial charge < -0.3 is 5.32 Å². The second-order valence-electron chi connectivity index (χ2n) is 5.36. The predicted octanol–water partition coefficient (Wildman–Crippen LogP) is 1.56. The van der Waals surface area contributed by atoms with E-state index in [-0.39, 0.29) is 11.8 Å². The fourth-order valence-electron chi connectivity index (χ4n) is 2.74. The maximum atomic E-state index is 12.8. The fraction of sp³-hybridized carbons (Fsp3) is 0.312. The minimum absolute atomic E-state index is 0.0323. The summed E-state index contributed by atoms with van der Waals surface area (Å²) in [5.74, 6) is 0.0323. The lowest BCUT2D eigenvalue weighted by atomic mass is 10.1. The van der Waals surface area contributed by atoms with Crippen molar-refractivity contribution in [1.29, 1.82) is 0 Å². The van der Waals surface area contributed by atoms with E-state index in [4.69, 9.17) is 0 Å². The summed E-state index contributed by atoms with van der Waals surface area (Å²) in [6.07, 6.45) is 3.44. The van der Waals surface area contributed by atoms with E-state index in [1.54, 1.807) is 16.7 Å². The van der Waals surface area contributed by atoms with Gasteiger partial charge in [0.2, 0.25) is 10.0 Å². The largest absolute Gasteiger partial charge is 0.313 e. The number of nitrogens with one attached hydrogen (secondary N) is 1. The second-order valence-corrected chi connectivity index (χ2v) is 7.28. The van der Waals surface area contributed by atoms with Crippen LogP contribution in [0.15, 0.2) is 54.9 Å². The molecule has 6 heteroatoms. The van der Waals surface area contributed by atoms with E-state index in [0.29, 0.717) is 19.6 Å². The highest BCUT2D eigenvalue weighted by molar-refractivity contribution is 7.88. The van der Waals surface area contributed by atoms with E-state index in [1.165, 1.54) is 0 Å². The molecule has 2 heterocycles. The summed E-state index contributed by atoms with van der Waals surface area (Å²) < 4.78 is 27.2. The number of aromatic nitrogens is 1. The molecule has 1 aromatic carbocycles. The van der Waals surface area contributed by atoms with Crippen LogP contribution in [0.25, 0.3) is 0 Å². The maximum Gasteiger partial charge on any atom is 0.218 e. The third kappa shape index (κ3) is 3.35. The van der Waals surface area contributed by atoms with Gasteiger partial charge in [-0.2, -0.15) is 4.31 Å². The van der Waals surface area contributed by atoms with Crippen molar-refractivity contribution in [2.24, 2.45) is 0 Å². The van der Waals surface area contributed by atoms with E-state index >= 15 is 0 Å². The van der Waals surface area contributed by atoms with Gasteiger partial charge in [0.05, 0.1) is 11.8 Å². The van der Waals surface area contributed by atoms with Crippen LogP contribution in [-0.4, -0.2) is 37.3 Å². The van der Waals surface area contributed by atoms with Gasteiger partial charge in [-0.15, -0.1) is 0 Å². The van der Waals surface area contributed by atoms with Crippen molar-refractivity contribution in [2.75, 3.05) is 19.6 Å². The highest BCUT2D eigenvalue weighted by Crippen LogP contribution is 2.26. The molecule has 1 aliphatic heterocycles. The molecule has 0 spiro atoms. The third-order valence-corrected chi connectivity index (χ3v) is 5.66. The molecule has 1 fully saturated rings. The summed E-state index contributed by atoms with van der Waals surface area (Å²) in [6, 6.07) is 12.9. The van der Waals surface area contributed by atoms with E-state index in [9.17, 15) is 8.42 Å². The van der Waals surface area contributed by atoms with Gasteiger partial charge in [-0.25, -0.2) is 8.42 Å². The molecule has 1 aromatic heterocycles. The van der Waals surface area contributed by atoms with Crippen LogP contribution in [0, 0.1) is 0 Å². The van der Waals surface area contributed by atoms with Crippen LogP contribution in [0.5, 0.6) is 0 Å². The molecule has 0 radical (unpaired) electrons. The monoisotopic (exact) mass is 317 g/mol. The normalized spacial score (nSPS) is 19.9. The van der Waals surface area contributed by atoms with Crippen LogP contribution in [0.3, 0.4) is 0 Å². The molecule has 0 amide bonds. The van der Waals surface area contributed by atoms with Crippen molar-refractivity contribution < 1.29 is 8.42 Å². The zero-order valence-electron chi connectivity index (χ0n) is 12.2. The maximum absolute atomic E-state index is 12.8. The fourth-order valence-corrected chi connectivity index (χ4v) is 4.48. The van der Waals surface area contributed by atoms with Crippen LogP contribution < -0.4 is 5.32 Å². The first-order chi connectivity index (χ1) is 10.7. The SMILES string of the molecule is O=S(=O)(Cc1ccccc1)N1CCNCC1c1cccnc1. The first-order valence-electron chi connectivity index (χ1n) is 7.31. The lowest BCUT2D eigenvalue weighted by molar-refractivity contribution is 0.271. The molecule has 1 atom stereocenters. The molecule has 2 aromatic rings. The Hall–Kier alpha value is -1.76. The van der Waals surface area contributed by atoms with Gasteiger partial charge in [-0.3, -0.25) is 4.98 Å². The van der Waals surface area contributed by atoms with Gasteiger partial charge in [-0.1, -0.05) is 36.4 Å². The summed E-state index contributed by atoms with van der Waals surface area (Å²) in [4.78, 5) is 4.11. The summed E-state index contributed by atoms with van der Waals surface area (Å²) in [5, 5.41) is 3.27. The Kier molecular flexibility index (Phi) is 4.52. The number of hydrogen-bond donors (Lipinski definition) is 1. The lowest BCUT2D eigenvalue weighted by Crippen LogP contribution is -2.48. The quantitative estimate of drug-likeness (QED) is 0.929. The van der Waals surface area contributed by atoms with Crippen LogP contribution >= 0.6 is 0 Å². The van der Waals surface area contributed by atoms with E-state index in [1.807, 2.05) is 42.5 Å². The number of piperazine rings is 1. The smallest absolute Gasteiger partial charge is 0.218 e. The molecule has 0 saturated carbocycles. The van der Waals surface area contributed by atoms with Crippen molar-refractivity contribution in [3.8, 4) is 0 Å². The lowest BCUT2D eigenvalue weighted by Gasteiger charge is -2.35. The van der Waals surface area contributed by atoms with Crippen molar-refractivity contribution >= 4 is 10.0 Å². The Morgan fingerprint density at radius 3 is 2.73 bits per heavy atom. The number of benzene rings is 1. The molecule has 0 bridgehead atoms. The number of rotatable bonds is 4. The first-order valence-corrected chi connectivity index (χ1v) is 8.92. The van der Waals surface area contributed by atoms with Crippen molar-refractivity contribution in [1.82, 2.24) is 14.6 Å².